The van der Waals surface area contributed by atoms with Crippen LogP contribution in [0, 0.1) is 0 Å². The number of alkyl halides is 6. The van der Waals surface area contributed by atoms with E-state index in [1.807, 2.05) is 0 Å². The minimum absolute atomic E-state index is 0.260. The summed E-state index contributed by atoms with van der Waals surface area (Å²) in [6.45, 7) is 0. The number of nitrogens with zero attached hydrogens (tertiary/aromatic N) is 1. The fraction of sp³-hybridized carbons (Fsp3) is 0.0909. The Morgan fingerprint density at radius 2 is 1.13 bits per heavy atom. The average molecular weight is 436 g/mol. The standard InChI is InChI=1S/C22H14F6N2O/c23-21(24,25)16-7-1-14(2-8-16)5-11-18-13-19(30-20(31)29-18)12-6-15-3-9-17(10-4-15)22(26,27)28/h1-13H,(H,29,30,31)/b11-5+,12-6+. The van der Waals surface area contributed by atoms with E-state index in [-0.39, 0.29) is 5.69 Å². The first kappa shape index (κ1) is 22.1. The molecule has 0 aliphatic carbocycles. The van der Waals surface area contributed by atoms with E-state index in [1.54, 1.807) is 0 Å². The van der Waals surface area contributed by atoms with Crippen LogP contribution in [-0.4, -0.2) is 9.97 Å². The molecule has 0 bridgehead atoms. The predicted molar refractivity (Wildman–Crippen MR) is 106 cm³/mol. The fourth-order valence-electron chi connectivity index (χ4n) is 2.61. The van der Waals surface area contributed by atoms with E-state index in [2.05, 4.69) is 9.97 Å². The van der Waals surface area contributed by atoms with Crippen molar-refractivity contribution in [1.82, 2.24) is 9.97 Å². The predicted octanol–water partition coefficient (Wildman–Crippen LogP) is 6.15. The van der Waals surface area contributed by atoms with Gasteiger partial charge in [0.1, 0.15) is 0 Å². The summed E-state index contributed by atoms with van der Waals surface area (Å²) < 4.78 is 75.6. The summed E-state index contributed by atoms with van der Waals surface area (Å²) in [4.78, 5) is 18.0. The second-order valence-corrected chi connectivity index (χ2v) is 6.47. The van der Waals surface area contributed by atoms with Crippen molar-refractivity contribution in [2.45, 2.75) is 12.4 Å². The number of hydrogen-bond acceptors (Lipinski definition) is 2. The Morgan fingerprint density at radius 3 is 1.58 bits per heavy atom. The van der Waals surface area contributed by atoms with Crippen molar-refractivity contribution in [3.05, 3.63) is 98.7 Å². The highest BCUT2D eigenvalue weighted by Crippen LogP contribution is 2.30. The number of benzene rings is 2. The van der Waals surface area contributed by atoms with Crippen LogP contribution in [0.4, 0.5) is 26.3 Å². The van der Waals surface area contributed by atoms with Crippen LogP contribution in [0.1, 0.15) is 33.6 Å². The van der Waals surface area contributed by atoms with E-state index >= 15 is 0 Å². The smallest absolute Gasteiger partial charge is 0.306 e. The van der Waals surface area contributed by atoms with Gasteiger partial charge < -0.3 is 4.98 Å². The maximum Gasteiger partial charge on any atom is 0.416 e. The van der Waals surface area contributed by atoms with Gasteiger partial charge in [-0.1, -0.05) is 36.4 Å². The van der Waals surface area contributed by atoms with Gasteiger partial charge in [0.15, 0.2) is 0 Å². The molecule has 3 aromatic rings. The van der Waals surface area contributed by atoms with Crippen LogP contribution in [0.3, 0.4) is 0 Å². The van der Waals surface area contributed by atoms with E-state index in [9.17, 15) is 31.1 Å². The lowest BCUT2D eigenvalue weighted by Crippen LogP contribution is -2.12. The van der Waals surface area contributed by atoms with Gasteiger partial charge in [-0.05, 0) is 53.6 Å². The van der Waals surface area contributed by atoms with Crippen LogP contribution in [0.5, 0.6) is 0 Å². The number of H-pyrrole nitrogens is 1. The summed E-state index contributed by atoms with van der Waals surface area (Å²) in [7, 11) is 0. The molecule has 0 unspecified atom stereocenters. The van der Waals surface area contributed by atoms with Gasteiger partial charge in [-0.15, -0.1) is 0 Å². The van der Waals surface area contributed by atoms with Crippen LogP contribution in [0.15, 0.2) is 59.4 Å². The molecular weight excluding hydrogens is 422 g/mol. The molecule has 0 aliphatic rings. The highest BCUT2D eigenvalue weighted by atomic mass is 19.4. The number of aromatic amines is 1. The molecule has 0 fully saturated rings. The molecule has 1 N–H and O–H groups in total. The molecular formula is C22H14F6N2O. The first-order chi connectivity index (χ1) is 14.5. The minimum atomic E-state index is -4.43. The van der Waals surface area contributed by atoms with Crippen molar-refractivity contribution in [2.24, 2.45) is 0 Å². The van der Waals surface area contributed by atoms with Gasteiger partial charge in [-0.3, -0.25) is 0 Å². The second kappa shape index (κ2) is 8.63. The first-order valence-corrected chi connectivity index (χ1v) is 8.83. The lowest BCUT2D eigenvalue weighted by molar-refractivity contribution is -0.138. The van der Waals surface area contributed by atoms with Crippen molar-refractivity contribution in [1.29, 1.82) is 0 Å². The summed E-state index contributed by atoms with van der Waals surface area (Å²) in [5.74, 6) is 0. The maximum absolute atomic E-state index is 12.6. The number of aromatic nitrogens is 2. The molecule has 0 radical (unpaired) electrons. The van der Waals surface area contributed by atoms with E-state index < -0.39 is 29.2 Å². The van der Waals surface area contributed by atoms with Gasteiger partial charge in [0.2, 0.25) is 0 Å². The maximum atomic E-state index is 12.6. The van der Waals surface area contributed by atoms with Crippen molar-refractivity contribution in [3.8, 4) is 0 Å². The zero-order chi connectivity index (χ0) is 22.6. The zero-order valence-electron chi connectivity index (χ0n) is 15.6. The van der Waals surface area contributed by atoms with Gasteiger partial charge >= 0.3 is 18.0 Å². The van der Waals surface area contributed by atoms with Crippen molar-refractivity contribution >= 4 is 24.3 Å². The molecule has 160 valence electrons. The molecule has 3 nitrogen and oxygen atoms in total. The highest BCUT2D eigenvalue weighted by Gasteiger charge is 2.30. The topological polar surface area (TPSA) is 45.8 Å². The van der Waals surface area contributed by atoms with E-state index in [4.69, 9.17) is 0 Å². The number of rotatable bonds is 4. The van der Waals surface area contributed by atoms with Crippen LogP contribution in [-0.2, 0) is 12.4 Å². The molecule has 0 spiro atoms. The molecule has 9 heteroatoms. The fourth-order valence-corrected chi connectivity index (χ4v) is 2.61. The Balaban J connectivity index is 1.76. The van der Waals surface area contributed by atoms with Crippen molar-refractivity contribution in [2.75, 3.05) is 0 Å². The Kier molecular flexibility index (Phi) is 6.14. The van der Waals surface area contributed by atoms with Gasteiger partial charge in [0.25, 0.3) is 0 Å². The third-order valence-corrected chi connectivity index (χ3v) is 4.16. The molecule has 3 rings (SSSR count). The Labute approximate surface area is 172 Å². The molecule has 0 saturated heterocycles. The van der Waals surface area contributed by atoms with Crippen LogP contribution in [0.25, 0.3) is 24.3 Å². The summed E-state index contributed by atoms with van der Waals surface area (Å²) in [6, 6.07) is 10.5. The molecule has 0 atom stereocenters. The van der Waals surface area contributed by atoms with Gasteiger partial charge in [-0.25, -0.2) is 4.79 Å². The zero-order valence-corrected chi connectivity index (χ0v) is 15.6. The van der Waals surface area contributed by atoms with Crippen LogP contribution >= 0.6 is 0 Å². The van der Waals surface area contributed by atoms with Gasteiger partial charge in [0.05, 0.1) is 16.8 Å². The monoisotopic (exact) mass is 436 g/mol. The van der Waals surface area contributed by atoms with Crippen LogP contribution < -0.4 is 5.69 Å². The van der Waals surface area contributed by atoms with Crippen molar-refractivity contribution in [3.63, 3.8) is 0 Å². The quantitative estimate of drug-likeness (QED) is 0.499. The lowest BCUT2D eigenvalue weighted by atomic mass is 10.1. The SMILES string of the molecule is O=c1nc(/C=C/c2ccc(C(F)(F)F)cc2)cc(/C=C/c2ccc(C(F)(F)F)cc2)[nH]1. The minimum Gasteiger partial charge on any atom is -0.306 e. The third kappa shape index (κ3) is 6.18. The largest absolute Gasteiger partial charge is 0.416 e. The van der Waals surface area contributed by atoms with Crippen LogP contribution in [0.2, 0.25) is 0 Å². The van der Waals surface area contributed by atoms with Gasteiger partial charge in [-0.2, -0.15) is 31.3 Å². The number of hydrogen-bond donors (Lipinski definition) is 1. The summed E-state index contributed by atoms with van der Waals surface area (Å²) in [5, 5.41) is 0. The summed E-state index contributed by atoms with van der Waals surface area (Å²) >= 11 is 0. The lowest BCUT2D eigenvalue weighted by Gasteiger charge is -2.06. The molecule has 1 aromatic heterocycles. The molecule has 0 amide bonds. The highest BCUT2D eigenvalue weighted by molar-refractivity contribution is 5.71. The average Bonchev–Trinajstić information content (AvgIpc) is 2.70. The summed E-state index contributed by atoms with van der Waals surface area (Å²) in [5.41, 5.74) is -0.596. The van der Waals surface area contributed by atoms with E-state index in [0.717, 1.165) is 24.3 Å². The molecule has 1 heterocycles. The van der Waals surface area contributed by atoms with E-state index in [1.165, 1.54) is 54.6 Å². The van der Waals surface area contributed by atoms with Crippen molar-refractivity contribution < 1.29 is 26.3 Å². The number of nitrogens with one attached hydrogen (secondary N) is 1. The van der Waals surface area contributed by atoms with E-state index in [0.29, 0.717) is 16.8 Å². The summed E-state index contributed by atoms with van der Waals surface area (Å²) in [6.07, 6.45) is -2.85. The Hall–Kier alpha value is -3.62. The molecule has 31 heavy (non-hydrogen) atoms. The normalized spacial score (nSPS) is 12.7. The molecule has 0 aliphatic heterocycles. The molecule has 2 aromatic carbocycles. The number of halogens is 6. The Morgan fingerprint density at radius 1 is 0.677 bits per heavy atom. The first-order valence-electron chi connectivity index (χ1n) is 8.83. The second-order valence-electron chi connectivity index (χ2n) is 6.47. The third-order valence-electron chi connectivity index (χ3n) is 4.16. The van der Waals surface area contributed by atoms with Gasteiger partial charge in [0, 0.05) is 5.69 Å². The molecule has 0 saturated carbocycles. The Bertz CT molecular complexity index is 1070.